The highest BCUT2D eigenvalue weighted by Gasteiger charge is 2.39. The number of fused-ring (bicyclic) bond motifs is 1. The molecule has 0 bridgehead atoms. The molecule has 0 saturated carbocycles. The normalized spacial score (nSPS) is 19.1. The summed E-state index contributed by atoms with van der Waals surface area (Å²) in [6, 6.07) is 7.23. The second-order valence-corrected chi connectivity index (χ2v) is 9.02. The van der Waals surface area contributed by atoms with E-state index >= 15 is 0 Å². The number of pyridine rings is 1. The highest BCUT2D eigenvalue weighted by molar-refractivity contribution is 7.91. The van der Waals surface area contributed by atoms with E-state index in [4.69, 9.17) is 4.52 Å². The minimum absolute atomic E-state index is 0.128. The van der Waals surface area contributed by atoms with Crippen molar-refractivity contribution in [1.82, 2.24) is 15.1 Å². The molecular formula is C17H17N3O4S. The molecule has 0 aliphatic carbocycles. The summed E-state index contributed by atoms with van der Waals surface area (Å²) >= 11 is 0. The summed E-state index contributed by atoms with van der Waals surface area (Å²) in [7, 11) is -2.97. The van der Waals surface area contributed by atoms with Gasteiger partial charge in [0.25, 0.3) is 5.56 Å². The van der Waals surface area contributed by atoms with Crippen LogP contribution in [0.3, 0.4) is 0 Å². The Bertz CT molecular complexity index is 1100. The lowest BCUT2D eigenvalue weighted by molar-refractivity contribution is 0.275. The molecule has 1 aromatic carbocycles. The first-order valence-corrected chi connectivity index (χ1v) is 9.86. The zero-order valence-electron chi connectivity index (χ0n) is 13.7. The van der Waals surface area contributed by atoms with E-state index < -0.39 is 15.3 Å². The second-order valence-electron chi connectivity index (χ2n) is 6.71. The van der Waals surface area contributed by atoms with Crippen molar-refractivity contribution in [3.8, 4) is 11.4 Å². The molecule has 1 saturated heterocycles. The van der Waals surface area contributed by atoms with Gasteiger partial charge >= 0.3 is 0 Å². The highest BCUT2D eigenvalue weighted by Crippen LogP contribution is 2.36. The molecule has 7 nitrogen and oxygen atoms in total. The Morgan fingerprint density at radius 3 is 2.56 bits per heavy atom. The fourth-order valence-electron chi connectivity index (χ4n) is 3.17. The van der Waals surface area contributed by atoms with Gasteiger partial charge < -0.3 is 9.51 Å². The number of hydrogen-bond acceptors (Lipinski definition) is 6. The highest BCUT2D eigenvalue weighted by atomic mass is 32.2. The third kappa shape index (κ3) is 2.76. The van der Waals surface area contributed by atoms with Gasteiger partial charge in [-0.2, -0.15) is 4.98 Å². The number of hydrogen-bond donors (Lipinski definition) is 1. The lowest BCUT2D eigenvalue weighted by atomic mass is 9.84. The van der Waals surface area contributed by atoms with Gasteiger partial charge in [-0.3, -0.25) is 4.79 Å². The second kappa shape index (κ2) is 5.52. The van der Waals surface area contributed by atoms with Crippen LogP contribution in [0.5, 0.6) is 0 Å². The average Bonchev–Trinajstić information content (AvgIpc) is 3.09. The predicted molar refractivity (Wildman–Crippen MR) is 93.1 cm³/mol. The molecule has 130 valence electrons. The topological polar surface area (TPSA) is 106 Å². The van der Waals surface area contributed by atoms with Crippen LogP contribution in [0.15, 0.2) is 39.8 Å². The molecule has 0 atom stereocenters. The Balaban J connectivity index is 1.76. The monoisotopic (exact) mass is 359 g/mol. The van der Waals surface area contributed by atoms with Crippen LogP contribution >= 0.6 is 0 Å². The average molecular weight is 359 g/mol. The van der Waals surface area contributed by atoms with E-state index in [9.17, 15) is 13.2 Å². The Morgan fingerprint density at radius 2 is 1.84 bits per heavy atom. The molecule has 0 radical (unpaired) electrons. The van der Waals surface area contributed by atoms with Gasteiger partial charge in [0, 0.05) is 22.6 Å². The third-order valence-corrected chi connectivity index (χ3v) is 6.57. The standard InChI is InChI=1S/C17H17N3O4S/c1-17(6-8-25(22,23)9-7-17)16-19-14(20-24-16)13-10-18-15(21)12-5-3-2-4-11(12)13/h2-5,10H,6-9H2,1H3,(H,18,21). The summed E-state index contributed by atoms with van der Waals surface area (Å²) in [5.74, 6) is 1.08. The minimum Gasteiger partial charge on any atom is -0.338 e. The first kappa shape index (κ1) is 16.0. The van der Waals surface area contributed by atoms with E-state index in [0.717, 1.165) is 5.39 Å². The maximum Gasteiger partial charge on any atom is 0.255 e. The molecule has 8 heteroatoms. The predicted octanol–water partition coefficient (Wildman–Crippen LogP) is 2.04. The van der Waals surface area contributed by atoms with E-state index in [0.29, 0.717) is 35.5 Å². The minimum atomic E-state index is -2.97. The van der Waals surface area contributed by atoms with Crippen molar-refractivity contribution in [2.24, 2.45) is 0 Å². The van der Waals surface area contributed by atoms with Gasteiger partial charge in [0.15, 0.2) is 0 Å². The molecule has 25 heavy (non-hydrogen) atoms. The van der Waals surface area contributed by atoms with E-state index in [1.807, 2.05) is 19.1 Å². The Labute approximate surface area is 144 Å². The molecule has 4 rings (SSSR count). The van der Waals surface area contributed by atoms with E-state index in [1.165, 1.54) is 0 Å². The van der Waals surface area contributed by atoms with Crippen LogP contribution in [-0.4, -0.2) is 35.0 Å². The van der Waals surface area contributed by atoms with Crippen LogP contribution in [0.1, 0.15) is 25.7 Å². The smallest absolute Gasteiger partial charge is 0.255 e. The van der Waals surface area contributed by atoms with Gasteiger partial charge in [-0.15, -0.1) is 0 Å². The van der Waals surface area contributed by atoms with Crippen molar-refractivity contribution in [2.45, 2.75) is 25.2 Å². The van der Waals surface area contributed by atoms with Crippen LogP contribution < -0.4 is 5.56 Å². The molecule has 1 fully saturated rings. The van der Waals surface area contributed by atoms with E-state index in [1.54, 1.807) is 18.3 Å². The van der Waals surface area contributed by atoms with Gasteiger partial charge in [0.05, 0.1) is 11.5 Å². The lowest BCUT2D eigenvalue weighted by Crippen LogP contribution is -2.34. The van der Waals surface area contributed by atoms with Crippen LogP contribution in [-0.2, 0) is 15.3 Å². The molecule has 1 aliphatic heterocycles. The molecule has 0 unspecified atom stereocenters. The lowest BCUT2D eigenvalue weighted by Gasteiger charge is -2.29. The first-order chi connectivity index (χ1) is 11.9. The van der Waals surface area contributed by atoms with Crippen LogP contribution in [0, 0.1) is 0 Å². The number of sulfone groups is 1. The van der Waals surface area contributed by atoms with Crippen molar-refractivity contribution < 1.29 is 12.9 Å². The first-order valence-electron chi connectivity index (χ1n) is 8.03. The van der Waals surface area contributed by atoms with Gasteiger partial charge in [0.2, 0.25) is 11.7 Å². The van der Waals surface area contributed by atoms with Crippen molar-refractivity contribution >= 4 is 20.6 Å². The molecule has 2 aromatic heterocycles. The summed E-state index contributed by atoms with van der Waals surface area (Å²) in [6.07, 6.45) is 2.50. The largest absolute Gasteiger partial charge is 0.338 e. The maximum absolute atomic E-state index is 12.0. The fourth-order valence-corrected chi connectivity index (χ4v) is 4.90. The molecule has 0 amide bonds. The van der Waals surface area contributed by atoms with E-state index in [2.05, 4.69) is 15.1 Å². The Morgan fingerprint density at radius 1 is 1.16 bits per heavy atom. The van der Waals surface area contributed by atoms with Crippen molar-refractivity contribution in [2.75, 3.05) is 11.5 Å². The van der Waals surface area contributed by atoms with Crippen LogP contribution in [0.25, 0.3) is 22.2 Å². The molecule has 1 aliphatic rings. The Hall–Kier alpha value is -2.48. The quantitative estimate of drug-likeness (QED) is 0.750. The maximum atomic E-state index is 12.0. The number of aromatic nitrogens is 3. The zero-order valence-corrected chi connectivity index (χ0v) is 14.5. The number of aromatic amines is 1. The summed E-state index contributed by atoms with van der Waals surface area (Å²) in [6.45, 7) is 1.95. The van der Waals surface area contributed by atoms with Crippen LogP contribution in [0.4, 0.5) is 0 Å². The number of nitrogens with zero attached hydrogens (tertiary/aromatic N) is 2. The Kier molecular flexibility index (Phi) is 3.54. The molecule has 1 N–H and O–H groups in total. The van der Waals surface area contributed by atoms with Crippen molar-refractivity contribution in [1.29, 1.82) is 0 Å². The summed E-state index contributed by atoms with van der Waals surface area (Å²) < 4.78 is 28.8. The number of benzene rings is 1. The van der Waals surface area contributed by atoms with Crippen molar-refractivity contribution in [3.05, 3.63) is 46.7 Å². The SMILES string of the molecule is CC1(c2nc(-c3c[nH]c(=O)c4ccccc34)no2)CCS(=O)(=O)CC1. The summed E-state index contributed by atoms with van der Waals surface area (Å²) in [4.78, 5) is 19.2. The van der Waals surface area contributed by atoms with Gasteiger partial charge in [-0.05, 0) is 24.3 Å². The van der Waals surface area contributed by atoms with Gasteiger partial charge in [0.1, 0.15) is 9.84 Å². The molecule has 3 heterocycles. The summed E-state index contributed by atoms with van der Waals surface area (Å²) in [5, 5.41) is 5.37. The summed E-state index contributed by atoms with van der Waals surface area (Å²) in [5.41, 5.74) is 0.0546. The number of rotatable bonds is 2. The molecule has 3 aromatic rings. The number of H-pyrrole nitrogens is 1. The van der Waals surface area contributed by atoms with Gasteiger partial charge in [-0.25, -0.2) is 8.42 Å². The van der Waals surface area contributed by atoms with E-state index in [-0.39, 0.29) is 17.1 Å². The zero-order chi connectivity index (χ0) is 17.7. The molecular weight excluding hydrogens is 342 g/mol. The fraction of sp³-hybridized carbons (Fsp3) is 0.353. The van der Waals surface area contributed by atoms with Gasteiger partial charge in [-0.1, -0.05) is 30.3 Å². The van der Waals surface area contributed by atoms with Crippen molar-refractivity contribution in [3.63, 3.8) is 0 Å². The number of nitrogens with one attached hydrogen (secondary N) is 1. The molecule has 0 spiro atoms. The third-order valence-electron chi connectivity index (χ3n) is 4.92. The van der Waals surface area contributed by atoms with Crippen LogP contribution in [0.2, 0.25) is 0 Å².